The Bertz CT molecular complexity index is 171. The summed E-state index contributed by atoms with van der Waals surface area (Å²) in [5.74, 6) is -0.196. The molecule has 1 rings (SSSR count). The van der Waals surface area contributed by atoms with Gasteiger partial charge in [0.15, 0.2) is 0 Å². The van der Waals surface area contributed by atoms with Crippen LogP contribution < -0.4 is 0 Å². The zero-order valence-corrected chi connectivity index (χ0v) is 5.82. The Kier molecular flexibility index (Phi) is 1.46. The molecule has 0 N–H and O–H groups in total. The molecule has 40 valence electrons. The first-order valence-corrected chi connectivity index (χ1v) is 5.93. The molecule has 0 saturated heterocycles. The van der Waals surface area contributed by atoms with Crippen molar-refractivity contribution >= 4 is 28.8 Å². The van der Waals surface area contributed by atoms with E-state index in [0.717, 1.165) is 0 Å². The maximum absolute atomic E-state index is 10.2. The number of hydrogen-bond donors (Lipinski definition) is 0. The summed E-state index contributed by atoms with van der Waals surface area (Å²) in [7, 11) is -1.11. The topological polar surface area (TPSA) is 46.5 Å². The average molecular weight is 183 g/mol. The van der Waals surface area contributed by atoms with Gasteiger partial charge in [-0.3, -0.25) is 0 Å². The van der Waals surface area contributed by atoms with Crippen LogP contribution in [0.15, 0.2) is 4.36 Å². The van der Waals surface area contributed by atoms with Crippen molar-refractivity contribution in [2.24, 2.45) is 4.36 Å². The van der Waals surface area contributed by atoms with Gasteiger partial charge in [-0.15, -0.1) is 0 Å². The van der Waals surface area contributed by atoms with Crippen molar-refractivity contribution in [3.05, 3.63) is 0 Å². The van der Waals surface area contributed by atoms with Crippen molar-refractivity contribution in [2.45, 2.75) is 5.32 Å². The molecule has 0 unspecified atom stereocenters. The number of rotatable bonds is 0. The summed E-state index contributed by atoms with van der Waals surface area (Å²) in [5.41, 5.74) is 0. The molecule has 0 aromatic heterocycles. The Morgan fingerprint density at radius 2 is 2.57 bits per heavy atom. The molecular weight excluding hydrogens is 181 g/mol. The van der Waals surface area contributed by atoms with Crippen molar-refractivity contribution in [3.8, 4) is 0 Å². The zero-order chi connectivity index (χ0) is 5.28. The van der Waals surface area contributed by atoms with E-state index in [0.29, 0.717) is 5.32 Å². The third-order valence-corrected chi connectivity index (χ3v) is 4.13. The van der Waals surface area contributed by atoms with E-state index in [9.17, 15) is 9.00 Å². The zero-order valence-electron chi connectivity index (χ0n) is 3.29. The van der Waals surface area contributed by atoms with E-state index in [1.54, 1.807) is 0 Å². The van der Waals surface area contributed by atoms with E-state index in [1.165, 1.54) is 0 Å². The first kappa shape index (κ1) is 5.28. The fourth-order valence-electron chi connectivity index (χ4n) is 0.237. The van der Waals surface area contributed by atoms with Crippen LogP contribution in [-0.2, 0) is 18.0 Å². The van der Waals surface area contributed by atoms with Crippen LogP contribution in [-0.4, -0.2) is 19.7 Å². The third-order valence-electron chi connectivity index (χ3n) is 0.460. The summed E-state index contributed by atoms with van der Waals surface area (Å²) in [6, 6.07) is 0. The monoisotopic (exact) mass is 184 g/mol. The molecule has 7 heavy (non-hydrogen) atoms. The van der Waals surface area contributed by atoms with Crippen LogP contribution in [0.2, 0.25) is 5.32 Å². The second kappa shape index (κ2) is 1.94. The molecule has 5 heteroatoms. The van der Waals surface area contributed by atoms with Crippen LogP contribution in [0.5, 0.6) is 0 Å². The van der Waals surface area contributed by atoms with Gasteiger partial charge in [0.2, 0.25) is 0 Å². The molecule has 0 spiro atoms. The van der Waals surface area contributed by atoms with Crippen molar-refractivity contribution in [1.29, 1.82) is 0 Å². The molecule has 0 aromatic carbocycles. The molecule has 0 aromatic rings. The molecule has 1 aliphatic rings. The van der Waals surface area contributed by atoms with E-state index in [-0.39, 0.29) is 19.7 Å². The minimum atomic E-state index is -1.11. The third kappa shape index (κ3) is 1.26. The fourth-order valence-corrected chi connectivity index (χ4v) is 3.17. The van der Waals surface area contributed by atoms with Crippen LogP contribution in [0.1, 0.15) is 0 Å². The first-order valence-electron chi connectivity index (χ1n) is 1.59. The van der Waals surface area contributed by atoms with E-state index in [4.69, 9.17) is 0 Å². The summed E-state index contributed by atoms with van der Waals surface area (Å²) in [5, 5.41) is 0.430. The SMILES string of the molecule is O=C1C[Se][S-](=O)=N1. The van der Waals surface area contributed by atoms with E-state index < -0.39 is 9.01 Å². The maximum atomic E-state index is 10.2. The molecule has 3 nitrogen and oxygen atoms in total. The Labute approximate surface area is 47.9 Å². The molecule has 0 fully saturated rings. The van der Waals surface area contributed by atoms with Crippen molar-refractivity contribution in [1.82, 2.24) is 0 Å². The Balaban J connectivity index is 2.87. The normalized spacial score (nSPS) is 22.6. The fraction of sp³-hybridized carbons (Fsp3) is 0.500. The predicted octanol–water partition coefficient (Wildman–Crippen LogP) is -0.288. The summed E-state index contributed by atoms with van der Waals surface area (Å²) < 4.78 is 13.5. The van der Waals surface area contributed by atoms with Crippen molar-refractivity contribution in [2.75, 3.05) is 0 Å². The number of nitrogens with zero attached hydrogens (tertiary/aromatic N) is 1. The Morgan fingerprint density at radius 1 is 1.86 bits per heavy atom. The van der Waals surface area contributed by atoms with Gasteiger partial charge in [-0.1, -0.05) is 0 Å². The molecule has 0 radical (unpaired) electrons. The second-order valence-corrected chi connectivity index (χ2v) is 5.70. The van der Waals surface area contributed by atoms with Crippen LogP contribution in [0, 0.1) is 0 Å². The summed E-state index contributed by atoms with van der Waals surface area (Å²) in [6.45, 7) is 0. The van der Waals surface area contributed by atoms with Gasteiger partial charge < -0.3 is 0 Å². The molecule has 0 atom stereocenters. The van der Waals surface area contributed by atoms with Gasteiger partial charge in [0, 0.05) is 0 Å². The van der Waals surface area contributed by atoms with Gasteiger partial charge in [-0.25, -0.2) is 0 Å². The molecule has 0 bridgehead atoms. The minimum absolute atomic E-state index is 0.0446. The number of carbonyl (C=O) groups is 1. The molecular formula is C2H2NO2SSe-. The molecule has 0 saturated carbocycles. The van der Waals surface area contributed by atoms with Gasteiger partial charge in [-0.2, -0.15) is 0 Å². The van der Waals surface area contributed by atoms with E-state index in [2.05, 4.69) is 4.36 Å². The van der Waals surface area contributed by atoms with E-state index >= 15 is 0 Å². The standard InChI is InChI=1S/C2H2NO2SSe/c4-2-1-7-6(5)3-2/h1H2/q-1. The molecule has 1 amide bonds. The Morgan fingerprint density at radius 3 is 2.71 bits per heavy atom. The number of amides is 1. The van der Waals surface area contributed by atoms with Crippen molar-refractivity contribution in [3.63, 3.8) is 0 Å². The van der Waals surface area contributed by atoms with E-state index in [1.807, 2.05) is 0 Å². The molecule has 0 aliphatic carbocycles. The van der Waals surface area contributed by atoms with Crippen molar-refractivity contribution < 1.29 is 9.00 Å². The summed E-state index contributed by atoms with van der Waals surface area (Å²) >= 11 is -0.0446. The van der Waals surface area contributed by atoms with Gasteiger partial charge >= 0.3 is 47.4 Å². The number of carbonyl (C=O) groups excluding carboxylic acids is 1. The van der Waals surface area contributed by atoms with Crippen LogP contribution in [0.3, 0.4) is 0 Å². The molecule has 1 aliphatic heterocycles. The van der Waals surface area contributed by atoms with Gasteiger partial charge in [0.25, 0.3) is 0 Å². The first-order chi connectivity index (χ1) is 3.29. The second-order valence-electron chi connectivity index (χ2n) is 0.964. The quantitative estimate of drug-likeness (QED) is 0.382. The van der Waals surface area contributed by atoms with Crippen LogP contribution in [0.25, 0.3) is 0 Å². The van der Waals surface area contributed by atoms with Crippen LogP contribution >= 0.6 is 0 Å². The number of hydrogen-bond acceptors (Lipinski definition) is 3. The Hall–Kier alpha value is 0.139. The van der Waals surface area contributed by atoms with Gasteiger partial charge in [0.1, 0.15) is 0 Å². The summed E-state index contributed by atoms with van der Waals surface area (Å²) in [4.78, 5) is 10.1. The van der Waals surface area contributed by atoms with Crippen LogP contribution in [0.4, 0.5) is 0 Å². The summed E-state index contributed by atoms with van der Waals surface area (Å²) in [6.07, 6.45) is 0. The average Bonchev–Trinajstić information content (AvgIpc) is 1.87. The van der Waals surface area contributed by atoms with Gasteiger partial charge in [-0.05, 0) is 0 Å². The van der Waals surface area contributed by atoms with Gasteiger partial charge in [0.05, 0.1) is 0 Å². The predicted molar refractivity (Wildman–Crippen MR) is 26.0 cm³/mol. The molecule has 1 heterocycles.